The molecule has 12 heteroatoms. The average Bonchev–Trinajstić information content (AvgIpc) is 2.87. The van der Waals surface area contributed by atoms with Gasteiger partial charge in [0.1, 0.15) is 52.6 Å². The highest BCUT2D eigenvalue weighted by molar-refractivity contribution is 6.32. The first kappa shape index (κ1) is 27.1. The van der Waals surface area contributed by atoms with Crippen LogP contribution in [0.3, 0.4) is 0 Å². The highest BCUT2D eigenvalue weighted by Gasteiger charge is 2.42. The Morgan fingerprint density at radius 3 is 2.23 bits per heavy atom. The third-order valence-corrected chi connectivity index (χ3v) is 7.02. The molecule has 1 aliphatic carbocycles. The van der Waals surface area contributed by atoms with Crippen molar-refractivity contribution < 1.29 is 59.6 Å². The summed E-state index contributed by atoms with van der Waals surface area (Å²) in [6.45, 7) is 2.07. The molecule has 4 atom stereocenters. The van der Waals surface area contributed by atoms with Gasteiger partial charge in [0.2, 0.25) is 12.1 Å². The minimum atomic E-state index is -1.79. The van der Waals surface area contributed by atoms with Crippen LogP contribution < -0.4 is 4.74 Å². The van der Waals surface area contributed by atoms with Gasteiger partial charge < -0.3 is 45.2 Å². The predicted octanol–water partition coefficient (Wildman–Crippen LogP) is 1.28. The molecule has 1 heterocycles. The second-order valence-electron chi connectivity index (χ2n) is 9.61. The third-order valence-electron chi connectivity index (χ3n) is 7.02. The fourth-order valence-electron chi connectivity index (χ4n) is 5.13. The molecule has 1 fully saturated rings. The topological polar surface area (TPSA) is 211 Å². The number of aliphatic hydroxyl groups excluding tert-OH is 3. The summed E-state index contributed by atoms with van der Waals surface area (Å²) in [5, 5.41) is 73.2. The van der Waals surface area contributed by atoms with E-state index in [0.717, 1.165) is 19.1 Å². The number of Topliss-reactive ketones (excluding diaryl/α,β-unsaturated/α-hetero) is 1. The number of ketones is 3. The average molecular weight is 552 g/mol. The summed E-state index contributed by atoms with van der Waals surface area (Å²) in [7, 11) is 0. The molecule has 5 rings (SSSR count). The number of hydrogen-bond acceptors (Lipinski definition) is 12. The van der Waals surface area contributed by atoms with Crippen molar-refractivity contribution in [2.24, 2.45) is 0 Å². The first-order valence-corrected chi connectivity index (χ1v) is 12.1. The number of phenolic OH excluding ortho intramolecular Hbond substituents is 4. The van der Waals surface area contributed by atoms with Gasteiger partial charge in [-0.05, 0) is 31.5 Å². The lowest BCUT2D eigenvalue weighted by atomic mass is 9.77. The Balaban J connectivity index is 1.81. The highest BCUT2D eigenvalue weighted by atomic mass is 16.7. The molecule has 12 nitrogen and oxygen atoms in total. The number of benzene rings is 3. The van der Waals surface area contributed by atoms with Crippen molar-refractivity contribution in [2.45, 2.75) is 38.4 Å². The molecular weight excluding hydrogens is 528 g/mol. The molecule has 0 amide bonds. The van der Waals surface area contributed by atoms with E-state index in [1.807, 2.05) is 0 Å². The maximum atomic E-state index is 13.8. The fourth-order valence-corrected chi connectivity index (χ4v) is 5.13. The SMILES string of the molecule is CC(=O)c1c(O)cc(O[C@@H]2OC[C@@H](O)[C@H](O)[C@@H]2O)c(-c2c(C)cc(O)c3c2C(=O)c2cccc(O)c2C3=O)c1O. The maximum absolute atomic E-state index is 13.8. The third kappa shape index (κ3) is 3.97. The van der Waals surface area contributed by atoms with Crippen molar-refractivity contribution in [3.8, 4) is 39.9 Å². The van der Waals surface area contributed by atoms with E-state index in [0.29, 0.717) is 0 Å². The molecule has 0 spiro atoms. The number of phenols is 4. The Labute approximate surface area is 225 Å². The summed E-state index contributed by atoms with van der Waals surface area (Å²) in [4.78, 5) is 39.6. The second kappa shape index (κ2) is 9.61. The normalized spacial score (nSPS) is 22.0. The molecule has 7 N–H and O–H groups in total. The summed E-state index contributed by atoms with van der Waals surface area (Å²) in [5.74, 6) is -5.50. The number of fused-ring (bicyclic) bond motifs is 2. The first-order valence-electron chi connectivity index (χ1n) is 12.1. The van der Waals surface area contributed by atoms with Gasteiger partial charge in [-0.15, -0.1) is 0 Å². The van der Waals surface area contributed by atoms with Gasteiger partial charge in [-0.3, -0.25) is 14.4 Å². The van der Waals surface area contributed by atoms with Gasteiger partial charge in [0, 0.05) is 22.8 Å². The first-order chi connectivity index (χ1) is 18.8. The highest BCUT2D eigenvalue weighted by Crippen LogP contribution is 2.51. The Hall–Kier alpha value is -4.49. The number of aromatic hydroxyl groups is 4. The van der Waals surface area contributed by atoms with Crippen LogP contribution in [0, 0.1) is 6.92 Å². The van der Waals surface area contributed by atoms with Gasteiger partial charge in [0.25, 0.3) is 0 Å². The molecule has 0 radical (unpaired) electrons. The molecule has 0 unspecified atom stereocenters. The van der Waals surface area contributed by atoms with Crippen molar-refractivity contribution in [3.05, 3.63) is 63.7 Å². The molecule has 1 saturated heterocycles. The van der Waals surface area contributed by atoms with Gasteiger partial charge in [0.05, 0.1) is 23.3 Å². The van der Waals surface area contributed by atoms with Crippen LogP contribution in [0.2, 0.25) is 0 Å². The molecule has 0 aromatic heterocycles. The summed E-state index contributed by atoms with van der Waals surface area (Å²) < 4.78 is 11.0. The summed E-state index contributed by atoms with van der Waals surface area (Å²) >= 11 is 0. The molecule has 3 aromatic rings. The number of aryl methyl sites for hydroxylation is 1. The van der Waals surface area contributed by atoms with E-state index >= 15 is 0 Å². The van der Waals surface area contributed by atoms with Crippen LogP contribution in [0.1, 0.15) is 54.7 Å². The van der Waals surface area contributed by atoms with Crippen molar-refractivity contribution in [1.82, 2.24) is 0 Å². The van der Waals surface area contributed by atoms with Gasteiger partial charge in [-0.2, -0.15) is 0 Å². The van der Waals surface area contributed by atoms with E-state index in [1.54, 1.807) is 0 Å². The van der Waals surface area contributed by atoms with Crippen LogP contribution >= 0.6 is 0 Å². The zero-order valence-corrected chi connectivity index (χ0v) is 21.1. The Bertz CT molecular complexity index is 1610. The smallest absolute Gasteiger partial charge is 0.228 e. The minimum absolute atomic E-state index is 0.141. The summed E-state index contributed by atoms with van der Waals surface area (Å²) in [5.41, 5.74) is -2.28. The standard InChI is InChI=1S/C28H24O12/c1-9-6-13(31)20-22(23(34)11-4-3-5-12(30)19(11)26(20)37)17(9)21-16(7-14(32)18(10(2)29)25(21)36)40-28-27(38)24(35)15(33)8-39-28/h3-7,15,24,27-28,30-33,35-36,38H,8H2,1-2H3/t15-,24+,27+,28+/m1/s1. The van der Waals surface area contributed by atoms with Gasteiger partial charge in [0.15, 0.2) is 11.6 Å². The number of aliphatic hydroxyl groups is 3. The van der Waals surface area contributed by atoms with Crippen LogP contribution in [-0.2, 0) is 4.74 Å². The predicted molar refractivity (Wildman–Crippen MR) is 135 cm³/mol. The number of carbonyl (C=O) groups excluding carboxylic acids is 3. The largest absolute Gasteiger partial charge is 0.507 e. The van der Waals surface area contributed by atoms with Crippen LogP contribution in [0.15, 0.2) is 30.3 Å². The van der Waals surface area contributed by atoms with Crippen molar-refractivity contribution in [1.29, 1.82) is 0 Å². The molecule has 1 aliphatic heterocycles. The number of hydrogen-bond donors (Lipinski definition) is 7. The second-order valence-corrected chi connectivity index (χ2v) is 9.61. The minimum Gasteiger partial charge on any atom is -0.507 e. The molecular formula is C28H24O12. The monoisotopic (exact) mass is 552 g/mol. The maximum Gasteiger partial charge on any atom is 0.228 e. The van der Waals surface area contributed by atoms with Gasteiger partial charge in [-0.1, -0.05) is 12.1 Å². The molecule has 3 aromatic carbocycles. The lowest BCUT2D eigenvalue weighted by molar-refractivity contribution is -0.241. The Kier molecular flexibility index (Phi) is 6.51. The lowest BCUT2D eigenvalue weighted by Crippen LogP contribution is -2.54. The Morgan fingerprint density at radius 2 is 1.55 bits per heavy atom. The lowest BCUT2D eigenvalue weighted by Gasteiger charge is -2.35. The van der Waals surface area contributed by atoms with Crippen LogP contribution in [0.5, 0.6) is 28.7 Å². The van der Waals surface area contributed by atoms with E-state index in [4.69, 9.17) is 9.47 Å². The molecule has 0 saturated carbocycles. The van der Waals surface area contributed by atoms with Crippen molar-refractivity contribution in [2.75, 3.05) is 6.61 Å². The molecule has 2 aliphatic rings. The van der Waals surface area contributed by atoms with Crippen LogP contribution in [0.25, 0.3) is 11.1 Å². The molecule has 40 heavy (non-hydrogen) atoms. The van der Waals surface area contributed by atoms with Crippen molar-refractivity contribution >= 4 is 17.3 Å². The van der Waals surface area contributed by atoms with E-state index in [9.17, 15) is 50.1 Å². The van der Waals surface area contributed by atoms with Gasteiger partial charge >= 0.3 is 0 Å². The summed E-state index contributed by atoms with van der Waals surface area (Å²) in [6, 6.07) is 5.92. The van der Waals surface area contributed by atoms with Crippen molar-refractivity contribution in [3.63, 3.8) is 0 Å². The summed E-state index contributed by atoms with van der Waals surface area (Å²) in [6.07, 6.45) is -6.53. The zero-order valence-electron chi connectivity index (χ0n) is 21.1. The van der Waals surface area contributed by atoms with Crippen LogP contribution in [0.4, 0.5) is 0 Å². The van der Waals surface area contributed by atoms with E-state index in [2.05, 4.69) is 0 Å². The molecule has 208 valence electrons. The Morgan fingerprint density at radius 1 is 0.850 bits per heavy atom. The number of carbonyl (C=O) groups is 3. The van der Waals surface area contributed by atoms with E-state index < -0.39 is 88.4 Å². The van der Waals surface area contributed by atoms with Gasteiger partial charge in [-0.25, -0.2) is 0 Å². The van der Waals surface area contributed by atoms with E-state index in [1.165, 1.54) is 25.1 Å². The number of rotatable bonds is 4. The zero-order chi connectivity index (χ0) is 29.2. The molecule has 0 bridgehead atoms. The number of ether oxygens (including phenoxy) is 2. The fraction of sp³-hybridized carbons (Fsp3) is 0.250. The van der Waals surface area contributed by atoms with Crippen LogP contribution in [-0.4, -0.2) is 84.3 Å². The van der Waals surface area contributed by atoms with E-state index in [-0.39, 0.29) is 33.4 Å². The quantitative estimate of drug-likeness (QED) is 0.179.